The summed E-state index contributed by atoms with van der Waals surface area (Å²) in [5.74, 6) is -0.0225. The number of nitrogens with zero attached hydrogens (tertiary/aromatic N) is 2. The predicted octanol–water partition coefficient (Wildman–Crippen LogP) is 3.64. The number of hydrogen-bond acceptors (Lipinski definition) is 4. The second-order valence-electron chi connectivity index (χ2n) is 7.20. The first-order chi connectivity index (χ1) is 12.6. The molecule has 2 aromatic carbocycles. The van der Waals surface area contributed by atoms with E-state index >= 15 is 0 Å². The van der Waals surface area contributed by atoms with Gasteiger partial charge in [0.05, 0.1) is 0 Å². The minimum Gasteiger partial charge on any atom is -0.326 e. The van der Waals surface area contributed by atoms with Gasteiger partial charge in [0.2, 0.25) is 5.91 Å². The Morgan fingerprint density at radius 1 is 1.08 bits per heavy atom. The standard InChI is InChI=1S/C21H25N3OS/c1-15(25)22-17-7-8-21-18(14-17)19(24-11-9-23(2)10-12-24)13-16-5-3-4-6-20(16)26-21/h3-8,14,19H,9-13H2,1-2H3,(H,22,25). The Bertz CT molecular complexity index is 815. The van der Waals surface area contributed by atoms with E-state index in [4.69, 9.17) is 0 Å². The molecule has 2 aliphatic heterocycles. The highest BCUT2D eigenvalue weighted by Crippen LogP contribution is 2.43. The van der Waals surface area contributed by atoms with Gasteiger partial charge >= 0.3 is 0 Å². The van der Waals surface area contributed by atoms with Crippen LogP contribution in [0.2, 0.25) is 0 Å². The van der Waals surface area contributed by atoms with Crippen LogP contribution in [0.3, 0.4) is 0 Å². The van der Waals surface area contributed by atoms with Crippen molar-refractivity contribution in [1.82, 2.24) is 9.80 Å². The van der Waals surface area contributed by atoms with Gasteiger partial charge in [-0.15, -0.1) is 0 Å². The van der Waals surface area contributed by atoms with Gasteiger partial charge in [-0.2, -0.15) is 0 Å². The Balaban J connectivity index is 1.74. The van der Waals surface area contributed by atoms with Gasteiger partial charge in [0.25, 0.3) is 0 Å². The van der Waals surface area contributed by atoms with E-state index in [0.717, 1.165) is 38.3 Å². The van der Waals surface area contributed by atoms with Gasteiger partial charge in [0.1, 0.15) is 0 Å². The lowest BCUT2D eigenvalue weighted by molar-refractivity contribution is -0.114. The lowest BCUT2D eigenvalue weighted by Gasteiger charge is -2.38. The quantitative estimate of drug-likeness (QED) is 0.879. The molecule has 0 aliphatic carbocycles. The predicted molar refractivity (Wildman–Crippen MR) is 107 cm³/mol. The van der Waals surface area contributed by atoms with Crippen LogP contribution in [0.5, 0.6) is 0 Å². The summed E-state index contributed by atoms with van der Waals surface area (Å²) in [5.41, 5.74) is 3.64. The fraction of sp³-hybridized carbons (Fsp3) is 0.381. The largest absolute Gasteiger partial charge is 0.326 e. The summed E-state index contributed by atoms with van der Waals surface area (Å²) in [6.07, 6.45) is 1.02. The van der Waals surface area contributed by atoms with Crippen molar-refractivity contribution < 1.29 is 4.79 Å². The number of anilines is 1. The first-order valence-electron chi connectivity index (χ1n) is 9.20. The van der Waals surface area contributed by atoms with Crippen LogP contribution in [0.15, 0.2) is 52.3 Å². The topological polar surface area (TPSA) is 35.6 Å². The maximum Gasteiger partial charge on any atom is 0.221 e. The number of nitrogens with one attached hydrogen (secondary N) is 1. The summed E-state index contributed by atoms with van der Waals surface area (Å²) < 4.78 is 0. The summed E-state index contributed by atoms with van der Waals surface area (Å²) in [6, 6.07) is 15.4. The molecule has 4 nitrogen and oxygen atoms in total. The molecule has 4 rings (SSSR count). The third kappa shape index (κ3) is 3.65. The lowest BCUT2D eigenvalue weighted by atomic mass is 9.96. The van der Waals surface area contributed by atoms with E-state index in [1.165, 1.54) is 20.9 Å². The molecule has 1 fully saturated rings. The number of likely N-dealkylation sites (N-methyl/N-ethyl adjacent to an activating group) is 1. The molecule has 0 aromatic heterocycles. The van der Waals surface area contributed by atoms with Crippen LogP contribution < -0.4 is 5.32 Å². The zero-order valence-corrected chi connectivity index (χ0v) is 16.2. The first-order valence-corrected chi connectivity index (χ1v) is 10.0. The van der Waals surface area contributed by atoms with Crippen LogP contribution in [0.1, 0.15) is 24.1 Å². The van der Waals surface area contributed by atoms with E-state index < -0.39 is 0 Å². The van der Waals surface area contributed by atoms with Gasteiger partial charge in [0.15, 0.2) is 0 Å². The number of carbonyl (C=O) groups excluding carboxylic acids is 1. The van der Waals surface area contributed by atoms with Gasteiger partial charge < -0.3 is 10.2 Å². The van der Waals surface area contributed by atoms with Crippen LogP contribution in [0.4, 0.5) is 5.69 Å². The number of carbonyl (C=O) groups is 1. The van der Waals surface area contributed by atoms with Crippen molar-refractivity contribution in [3.05, 3.63) is 53.6 Å². The Kier molecular flexibility index (Phi) is 5.02. The van der Waals surface area contributed by atoms with E-state index in [1.54, 1.807) is 6.92 Å². The third-order valence-corrected chi connectivity index (χ3v) is 6.48. The molecular formula is C21H25N3OS. The van der Waals surface area contributed by atoms with E-state index in [0.29, 0.717) is 6.04 Å². The van der Waals surface area contributed by atoms with Crippen molar-refractivity contribution in [2.24, 2.45) is 0 Å². The average molecular weight is 368 g/mol. The Morgan fingerprint density at radius 2 is 1.85 bits per heavy atom. The highest BCUT2D eigenvalue weighted by Gasteiger charge is 2.29. The summed E-state index contributed by atoms with van der Waals surface area (Å²) in [6.45, 7) is 5.93. The molecule has 1 amide bonds. The van der Waals surface area contributed by atoms with Crippen LogP contribution in [-0.2, 0) is 11.2 Å². The van der Waals surface area contributed by atoms with Crippen LogP contribution in [0.25, 0.3) is 0 Å². The van der Waals surface area contributed by atoms with Crippen molar-refractivity contribution in [2.75, 3.05) is 38.5 Å². The van der Waals surface area contributed by atoms with Crippen molar-refractivity contribution >= 4 is 23.4 Å². The Hall–Kier alpha value is -1.82. The molecule has 0 saturated carbocycles. The van der Waals surface area contributed by atoms with E-state index in [9.17, 15) is 4.79 Å². The smallest absolute Gasteiger partial charge is 0.221 e. The molecular weight excluding hydrogens is 342 g/mol. The highest BCUT2D eigenvalue weighted by atomic mass is 32.2. The number of piperazine rings is 1. The molecule has 26 heavy (non-hydrogen) atoms. The van der Waals surface area contributed by atoms with Crippen LogP contribution in [-0.4, -0.2) is 48.9 Å². The fourth-order valence-corrected chi connectivity index (χ4v) is 4.97. The molecule has 5 heteroatoms. The van der Waals surface area contributed by atoms with Gasteiger partial charge in [0, 0.05) is 54.6 Å². The number of amides is 1. The van der Waals surface area contributed by atoms with Gasteiger partial charge in [-0.3, -0.25) is 9.69 Å². The molecule has 2 aromatic rings. The third-order valence-electron chi connectivity index (χ3n) is 5.27. The minimum absolute atomic E-state index is 0.0225. The molecule has 1 N–H and O–H groups in total. The second-order valence-corrected chi connectivity index (χ2v) is 8.29. The highest BCUT2D eigenvalue weighted by molar-refractivity contribution is 7.99. The SMILES string of the molecule is CC(=O)Nc1ccc2c(c1)C(N1CCN(C)CC1)Cc1ccccc1S2. The maximum atomic E-state index is 11.5. The molecule has 2 aliphatic rings. The molecule has 0 spiro atoms. The van der Waals surface area contributed by atoms with Crippen molar-refractivity contribution in [2.45, 2.75) is 29.2 Å². The van der Waals surface area contributed by atoms with Crippen LogP contribution in [0, 0.1) is 0 Å². The summed E-state index contributed by atoms with van der Waals surface area (Å²) in [5, 5.41) is 2.95. The molecule has 1 atom stereocenters. The fourth-order valence-electron chi connectivity index (χ4n) is 3.85. The number of rotatable bonds is 2. The van der Waals surface area contributed by atoms with E-state index in [-0.39, 0.29) is 5.91 Å². The number of fused-ring (bicyclic) bond motifs is 2. The van der Waals surface area contributed by atoms with Gasteiger partial charge in [-0.05, 0) is 48.9 Å². The second kappa shape index (κ2) is 7.43. The number of hydrogen-bond donors (Lipinski definition) is 1. The van der Waals surface area contributed by atoms with Gasteiger partial charge in [-0.1, -0.05) is 30.0 Å². The number of benzene rings is 2. The molecule has 0 radical (unpaired) electrons. The Labute approximate surface area is 159 Å². The summed E-state index contributed by atoms with van der Waals surface area (Å²) in [4.78, 5) is 19.2. The minimum atomic E-state index is -0.0225. The van der Waals surface area contributed by atoms with Gasteiger partial charge in [-0.25, -0.2) is 0 Å². The molecule has 0 bridgehead atoms. The molecule has 136 valence electrons. The van der Waals surface area contributed by atoms with Crippen molar-refractivity contribution in [1.29, 1.82) is 0 Å². The van der Waals surface area contributed by atoms with Crippen molar-refractivity contribution in [3.63, 3.8) is 0 Å². The summed E-state index contributed by atoms with van der Waals surface area (Å²) >= 11 is 1.85. The van der Waals surface area contributed by atoms with E-state index in [1.807, 2.05) is 17.8 Å². The van der Waals surface area contributed by atoms with Crippen molar-refractivity contribution in [3.8, 4) is 0 Å². The summed E-state index contributed by atoms with van der Waals surface area (Å²) in [7, 11) is 2.19. The Morgan fingerprint density at radius 3 is 2.62 bits per heavy atom. The zero-order valence-electron chi connectivity index (χ0n) is 15.4. The average Bonchev–Trinajstić information content (AvgIpc) is 2.78. The molecule has 2 heterocycles. The lowest BCUT2D eigenvalue weighted by Crippen LogP contribution is -2.46. The maximum absolute atomic E-state index is 11.5. The van der Waals surface area contributed by atoms with E-state index in [2.05, 4.69) is 58.6 Å². The van der Waals surface area contributed by atoms with Crippen LogP contribution >= 0.6 is 11.8 Å². The zero-order chi connectivity index (χ0) is 18.1. The normalized spacial score (nSPS) is 20.8. The first kappa shape index (κ1) is 17.6. The monoisotopic (exact) mass is 367 g/mol. The molecule has 1 saturated heterocycles. The molecule has 1 unspecified atom stereocenters.